The van der Waals surface area contributed by atoms with Crippen LogP contribution in [0.15, 0.2) is 29.4 Å². The molecule has 0 aliphatic carbocycles. The standard InChI is InChI=1S/C21H35N5O3.HI/c1-22-21(26-13-9-19(10-14-26)29-16-6-15-28-3)24-17-20(27)25(2)12-8-18-7-4-5-11-23-18;/h4-5,7,11,19H,6,8-10,12-17H2,1-3H3,(H,22,24);1H. The maximum Gasteiger partial charge on any atom is 0.241 e. The molecule has 8 nitrogen and oxygen atoms in total. The topological polar surface area (TPSA) is 79.3 Å². The molecular formula is C21H36IN5O3. The molecule has 0 unspecified atom stereocenters. The van der Waals surface area contributed by atoms with Gasteiger partial charge in [0.15, 0.2) is 5.96 Å². The number of nitrogens with zero attached hydrogens (tertiary/aromatic N) is 4. The smallest absolute Gasteiger partial charge is 0.241 e. The summed E-state index contributed by atoms with van der Waals surface area (Å²) >= 11 is 0. The molecule has 1 saturated heterocycles. The van der Waals surface area contributed by atoms with Crippen molar-refractivity contribution in [3.05, 3.63) is 30.1 Å². The van der Waals surface area contributed by atoms with Gasteiger partial charge in [-0.25, -0.2) is 0 Å². The van der Waals surface area contributed by atoms with E-state index in [0.717, 1.165) is 63.6 Å². The van der Waals surface area contributed by atoms with Crippen LogP contribution in [0.25, 0.3) is 0 Å². The zero-order valence-corrected chi connectivity index (χ0v) is 20.7. The Hall–Kier alpha value is -1.46. The van der Waals surface area contributed by atoms with Crippen molar-refractivity contribution in [1.82, 2.24) is 20.1 Å². The number of likely N-dealkylation sites (N-methyl/N-ethyl adjacent to an activating group) is 1. The van der Waals surface area contributed by atoms with Crippen molar-refractivity contribution in [3.8, 4) is 0 Å². The van der Waals surface area contributed by atoms with Crippen molar-refractivity contribution >= 4 is 35.8 Å². The van der Waals surface area contributed by atoms with Crippen molar-refractivity contribution in [3.63, 3.8) is 0 Å². The van der Waals surface area contributed by atoms with E-state index in [1.807, 2.05) is 25.2 Å². The van der Waals surface area contributed by atoms with Gasteiger partial charge in [0.05, 0.1) is 12.6 Å². The maximum atomic E-state index is 12.4. The number of methoxy groups -OCH3 is 1. The van der Waals surface area contributed by atoms with Crippen LogP contribution in [0.2, 0.25) is 0 Å². The number of amides is 1. The average molecular weight is 533 g/mol. The van der Waals surface area contributed by atoms with Gasteiger partial charge < -0.3 is 24.6 Å². The number of piperidine rings is 1. The summed E-state index contributed by atoms with van der Waals surface area (Å²) in [6.07, 6.45) is 5.67. The van der Waals surface area contributed by atoms with E-state index in [9.17, 15) is 4.79 Å². The molecule has 1 N–H and O–H groups in total. The Morgan fingerprint density at radius 3 is 2.73 bits per heavy atom. The number of ether oxygens (including phenoxy) is 2. The third kappa shape index (κ3) is 9.57. The van der Waals surface area contributed by atoms with E-state index in [0.29, 0.717) is 12.6 Å². The summed E-state index contributed by atoms with van der Waals surface area (Å²) < 4.78 is 11.0. The van der Waals surface area contributed by atoms with Crippen LogP contribution in [0.3, 0.4) is 0 Å². The van der Waals surface area contributed by atoms with E-state index in [4.69, 9.17) is 9.47 Å². The number of carbonyl (C=O) groups is 1. The van der Waals surface area contributed by atoms with Gasteiger partial charge in [0, 0.05) is 72.4 Å². The summed E-state index contributed by atoms with van der Waals surface area (Å²) in [7, 11) is 5.28. The van der Waals surface area contributed by atoms with Gasteiger partial charge in [0.2, 0.25) is 5.91 Å². The molecule has 0 saturated carbocycles. The predicted octanol–water partition coefficient (Wildman–Crippen LogP) is 1.79. The summed E-state index contributed by atoms with van der Waals surface area (Å²) in [6.45, 7) is 4.10. The summed E-state index contributed by atoms with van der Waals surface area (Å²) in [6, 6.07) is 5.83. The van der Waals surface area contributed by atoms with Crippen LogP contribution in [-0.4, -0.2) is 93.4 Å². The van der Waals surface area contributed by atoms with Crippen LogP contribution in [0.4, 0.5) is 0 Å². The van der Waals surface area contributed by atoms with Gasteiger partial charge in [0.25, 0.3) is 0 Å². The molecule has 9 heteroatoms. The van der Waals surface area contributed by atoms with Gasteiger partial charge in [0.1, 0.15) is 0 Å². The van der Waals surface area contributed by atoms with Gasteiger partial charge >= 0.3 is 0 Å². The zero-order chi connectivity index (χ0) is 20.9. The summed E-state index contributed by atoms with van der Waals surface area (Å²) in [4.78, 5) is 25.0. The molecule has 0 spiro atoms. The number of nitrogens with one attached hydrogen (secondary N) is 1. The van der Waals surface area contributed by atoms with E-state index in [2.05, 4.69) is 20.2 Å². The lowest BCUT2D eigenvalue weighted by atomic mass is 10.1. The number of likely N-dealkylation sites (tertiary alicyclic amines) is 1. The molecule has 30 heavy (non-hydrogen) atoms. The number of hydrogen-bond donors (Lipinski definition) is 1. The Morgan fingerprint density at radius 2 is 2.10 bits per heavy atom. The number of rotatable bonds is 10. The lowest BCUT2D eigenvalue weighted by Crippen LogP contribution is -2.49. The van der Waals surface area contributed by atoms with Crippen LogP contribution in [0.1, 0.15) is 25.0 Å². The van der Waals surface area contributed by atoms with Crippen LogP contribution < -0.4 is 5.32 Å². The van der Waals surface area contributed by atoms with Gasteiger partial charge in [-0.05, 0) is 31.4 Å². The Morgan fingerprint density at radius 1 is 1.33 bits per heavy atom. The lowest BCUT2D eigenvalue weighted by molar-refractivity contribution is -0.128. The molecule has 1 aliphatic rings. The van der Waals surface area contributed by atoms with E-state index >= 15 is 0 Å². The summed E-state index contributed by atoms with van der Waals surface area (Å²) in [5, 5.41) is 3.20. The third-order valence-corrected chi connectivity index (χ3v) is 5.05. The average Bonchev–Trinajstić information content (AvgIpc) is 2.77. The zero-order valence-electron chi connectivity index (χ0n) is 18.4. The molecule has 1 amide bonds. The summed E-state index contributed by atoms with van der Waals surface area (Å²) in [5.74, 6) is 0.813. The Labute approximate surface area is 197 Å². The molecule has 1 aliphatic heterocycles. The van der Waals surface area contributed by atoms with Crippen molar-refractivity contribution in [1.29, 1.82) is 0 Å². The number of carbonyl (C=O) groups excluding carboxylic acids is 1. The molecule has 2 heterocycles. The van der Waals surface area contributed by atoms with Gasteiger partial charge in [-0.15, -0.1) is 24.0 Å². The quantitative estimate of drug-likeness (QED) is 0.214. The molecule has 0 aromatic carbocycles. The largest absolute Gasteiger partial charge is 0.385 e. The molecule has 0 bridgehead atoms. The normalized spacial score (nSPS) is 14.9. The van der Waals surface area contributed by atoms with Crippen molar-refractivity contribution in [2.45, 2.75) is 31.8 Å². The summed E-state index contributed by atoms with van der Waals surface area (Å²) in [5.41, 5.74) is 0.989. The molecule has 1 fully saturated rings. The highest BCUT2D eigenvalue weighted by Crippen LogP contribution is 2.14. The minimum atomic E-state index is 0. The van der Waals surface area contributed by atoms with Crippen LogP contribution in [0, 0.1) is 0 Å². The first-order chi connectivity index (χ1) is 14.1. The lowest BCUT2D eigenvalue weighted by Gasteiger charge is -2.34. The first-order valence-electron chi connectivity index (χ1n) is 10.3. The number of aliphatic imine (C=N–C) groups is 1. The first-order valence-corrected chi connectivity index (χ1v) is 10.3. The fourth-order valence-corrected chi connectivity index (χ4v) is 3.26. The van der Waals surface area contributed by atoms with Crippen molar-refractivity contribution in [2.75, 3.05) is 60.6 Å². The molecular weight excluding hydrogens is 497 g/mol. The van der Waals surface area contributed by atoms with Crippen LogP contribution in [-0.2, 0) is 20.7 Å². The fraction of sp³-hybridized carbons (Fsp3) is 0.667. The second-order valence-corrected chi connectivity index (χ2v) is 7.19. The van der Waals surface area contributed by atoms with E-state index in [1.54, 1.807) is 25.3 Å². The Bertz CT molecular complexity index is 624. The fourth-order valence-electron chi connectivity index (χ4n) is 3.26. The Kier molecular flexibility index (Phi) is 13.6. The number of halogens is 1. The molecule has 1 aromatic rings. The monoisotopic (exact) mass is 533 g/mol. The van der Waals surface area contributed by atoms with Crippen molar-refractivity contribution in [2.24, 2.45) is 4.99 Å². The first kappa shape index (κ1) is 26.6. The van der Waals surface area contributed by atoms with E-state index < -0.39 is 0 Å². The molecule has 2 rings (SSSR count). The number of aromatic nitrogens is 1. The second kappa shape index (κ2) is 15.4. The predicted molar refractivity (Wildman–Crippen MR) is 129 cm³/mol. The second-order valence-electron chi connectivity index (χ2n) is 7.19. The SMILES string of the molecule is CN=C(NCC(=O)N(C)CCc1ccccn1)N1CCC(OCCCOC)CC1.I. The van der Waals surface area contributed by atoms with Crippen molar-refractivity contribution < 1.29 is 14.3 Å². The van der Waals surface area contributed by atoms with Crippen LogP contribution in [0.5, 0.6) is 0 Å². The number of pyridine rings is 1. The van der Waals surface area contributed by atoms with E-state index in [1.165, 1.54) is 0 Å². The molecule has 1 aromatic heterocycles. The molecule has 170 valence electrons. The highest BCUT2D eigenvalue weighted by atomic mass is 127. The molecule has 0 radical (unpaired) electrons. The van der Waals surface area contributed by atoms with Gasteiger partial charge in [-0.3, -0.25) is 14.8 Å². The number of hydrogen-bond acceptors (Lipinski definition) is 5. The maximum absolute atomic E-state index is 12.4. The highest BCUT2D eigenvalue weighted by molar-refractivity contribution is 14.0. The minimum absolute atomic E-state index is 0. The highest BCUT2D eigenvalue weighted by Gasteiger charge is 2.22. The third-order valence-electron chi connectivity index (χ3n) is 5.05. The minimum Gasteiger partial charge on any atom is -0.385 e. The van der Waals surface area contributed by atoms with E-state index in [-0.39, 0.29) is 36.4 Å². The van der Waals surface area contributed by atoms with Gasteiger partial charge in [-0.2, -0.15) is 0 Å². The van der Waals surface area contributed by atoms with Gasteiger partial charge in [-0.1, -0.05) is 6.07 Å². The molecule has 0 atom stereocenters. The Balaban J connectivity index is 0.00000450. The number of guanidine groups is 1. The van der Waals surface area contributed by atoms with Crippen LogP contribution >= 0.6 is 24.0 Å².